The largest absolute Gasteiger partial charge is 0.504 e. The Morgan fingerprint density at radius 2 is 2.14 bits per heavy atom. The summed E-state index contributed by atoms with van der Waals surface area (Å²) in [5.41, 5.74) is -0.733. The number of aromatic nitrogens is 1. The zero-order valence-corrected chi connectivity index (χ0v) is 10.2. The number of carbonyl (C=O) groups is 2. The Balaban J connectivity index is 2.27. The zero-order chi connectivity index (χ0) is 15.1. The van der Waals surface area contributed by atoms with Gasteiger partial charge in [-0.25, -0.2) is 4.79 Å². The summed E-state index contributed by atoms with van der Waals surface area (Å²) in [6.45, 7) is 0. The Kier molecular flexibility index (Phi) is 2.62. The number of aromatic hydroxyl groups is 2. The van der Waals surface area contributed by atoms with Gasteiger partial charge in [-0.05, 0) is 0 Å². The summed E-state index contributed by atoms with van der Waals surface area (Å²) >= 11 is 0. The molecular weight excluding hydrogens is 280 g/mol. The lowest BCUT2D eigenvalue weighted by Crippen LogP contribution is -2.08. The third-order valence-corrected chi connectivity index (χ3v) is 2.98. The van der Waals surface area contributed by atoms with E-state index in [4.69, 9.17) is 9.78 Å². The first kappa shape index (κ1) is 12.7. The van der Waals surface area contributed by atoms with Gasteiger partial charge in [0.15, 0.2) is 11.5 Å². The van der Waals surface area contributed by atoms with Gasteiger partial charge < -0.3 is 19.5 Å². The molecule has 104 valence electrons. The van der Waals surface area contributed by atoms with Crippen LogP contribution in [0.3, 0.4) is 0 Å². The van der Waals surface area contributed by atoms with Gasteiger partial charge in [-0.15, -0.1) is 0 Å². The lowest BCUT2D eigenvalue weighted by molar-refractivity contribution is -0.117. The smallest absolute Gasteiger partial charge is 0.353 e. The summed E-state index contributed by atoms with van der Waals surface area (Å²) in [6.07, 6.45) is 0.0453. The summed E-state index contributed by atoms with van der Waals surface area (Å²) < 4.78 is 9.35. The predicted molar refractivity (Wildman–Crippen MR) is 63.3 cm³/mol. The normalized spacial score (nSPS) is 16.1. The van der Waals surface area contributed by atoms with E-state index in [1.54, 1.807) is 6.07 Å². The lowest BCUT2D eigenvalue weighted by Gasteiger charge is -2.09. The van der Waals surface area contributed by atoms with Crippen LogP contribution in [0, 0.1) is 11.3 Å². The Morgan fingerprint density at radius 1 is 1.43 bits per heavy atom. The second kappa shape index (κ2) is 4.35. The van der Waals surface area contributed by atoms with Crippen LogP contribution in [0.25, 0.3) is 0 Å². The highest BCUT2D eigenvalue weighted by Crippen LogP contribution is 2.45. The minimum atomic E-state index is -1.19. The molecule has 1 atom stereocenters. The number of ketones is 1. The molecule has 1 unspecified atom stereocenters. The molecule has 0 spiro atoms. The number of epoxide rings is 1. The standard InChI is InChI=1S/C13H6N2O6/c14-4-5-3-6(16)10(17)9(12-13(19)20-12)8(5)11(18)7-1-2-15-21-7/h1-3,12,16-17H. The fourth-order valence-electron chi connectivity index (χ4n) is 1.98. The summed E-state index contributed by atoms with van der Waals surface area (Å²) in [5, 5.41) is 32.0. The maximum atomic E-state index is 12.4. The molecule has 8 heteroatoms. The number of cyclic esters (lactones) is 1. The van der Waals surface area contributed by atoms with Crippen LogP contribution in [-0.2, 0) is 9.53 Å². The van der Waals surface area contributed by atoms with Gasteiger partial charge in [-0.3, -0.25) is 4.79 Å². The van der Waals surface area contributed by atoms with Crippen molar-refractivity contribution in [1.82, 2.24) is 5.16 Å². The van der Waals surface area contributed by atoms with Crippen molar-refractivity contribution in [3.63, 3.8) is 0 Å². The van der Waals surface area contributed by atoms with Crippen molar-refractivity contribution in [2.45, 2.75) is 6.10 Å². The monoisotopic (exact) mass is 286 g/mol. The molecule has 0 bridgehead atoms. The van der Waals surface area contributed by atoms with Crippen LogP contribution in [0.2, 0.25) is 0 Å². The highest BCUT2D eigenvalue weighted by Gasteiger charge is 2.46. The summed E-state index contributed by atoms with van der Waals surface area (Å²) in [5.74, 6) is -2.92. The molecule has 1 saturated heterocycles. The molecule has 8 nitrogen and oxygen atoms in total. The molecule has 1 fully saturated rings. The molecule has 0 amide bonds. The van der Waals surface area contributed by atoms with Crippen LogP contribution in [0.4, 0.5) is 0 Å². The van der Waals surface area contributed by atoms with Crippen LogP contribution >= 0.6 is 0 Å². The number of benzene rings is 1. The Bertz CT molecular complexity index is 803. The van der Waals surface area contributed by atoms with E-state index in [0.29, 0.717) is 0 Å². The molecule has 0 radical (unpaired) electrons. The molecule has 2 heterocycles. The number of carbonyl (C=O) groups excluding carboxylic acids is 2. The van der Waals surface area contributed by atoms with Crippen molar-refractivity contribution in [3.05, 3.63) is 40.8 Å². The van der Waals surface area contributed by atoms with Crippen LogP contribution in [0.1, 0.15) is 33.3 Å². The van der Waals surface area contributed by atoms with Gasteiger partial charge in [0.05, 0.1) is 22.9 Å². The number of ether oxygens (including phenoxy) is 1. The molecule has 1 aromatic heterocycles. The van der Waals surface area contributed by atoms with E-state index in [2.05, 4.69) is 9.89 Å². The summed E-state index contributed by atoms with van der Waals surface area (Å²) in [6, 6.07) is 3.92. The molecule has 0 aliphatic carbocycles. The number of rotatable bonds is 3. The fraction of sp³-hybridized carbons (Fsp3) is 0.0769. The van der Waals surface area contributed by atoms with Gasteiger partial charge in [0, 0.05) is 12.1 Å². The Morgan fingerprint density at radius 3 is 2.67 bits per heavy atom. The van der Waals surface area contributed by atoms with Crippen LogP contribution in [-0.4, -0.2) is 27.1 Å². The molecule has 1 aliphatic heterocycles. The quantitative estimate of drug-likeness (QED) is 0.479. The van der Waals surface area contributed by atoms with Gasteiger partial charge in [0.2, 0.25) is 17.6 Å². The maximum absolute atomic E-state index is 12.4. The van der Waals surface area contributed by atoms with E-state index in [9.17, 15) is 19.8 Å². The van der Waals surface area contributed by atoms with E-state index in [1.165, 1.54) is 12.3 Å². The van der Waals surface area contributed by atoms with Gasteiger partial charge >= 0.3 is 5.97 Å². The van der Waals surface area contributed by atoms with Crippen molar-refractivity contribution >= 4 is 11.8 Å². The van der Waals surface area contributed by atoms with Gasteiger partial charge in [-0.2, -0.15) is 5.26 Å². The Labute approximate surface area is 116 Å². The first-order chi connectivity index (χ1) is 10.0. The van der Waals surface area contributed by atoms with E-state index in [1.807, 2.05) is 0 Å². The van der Waals surface area contributed by atoms with Crippen LogP contribution < -0.4 is 0 Å². The fourth-order valence-corrected chi connectivity index (χ4v) is 1.98. The van der Waals surface area contributed by atoms with Crippen molar-refractivity contribution in [2.24, 2.45) is 0 Å². The lowest BCUT2D eigenvalue weighted by atomic mass is 9.93. The SMILES string of the molecule is N#Cc1cc(O)c(O)c(C2OC2=O)c1C(=O)c1ccno1. The molecular formula is C13H6N2O6. The molecule has 2 aromatic rings. The van der Waals surface area contributed by atoms with E-state index in [-0.39, 0.29) is 22.5 Å². The van der Waals surface area contributed by atoms with Gasteiger partial charge in [0.25, 0.3) is 0 Å². The highest BCUT2D eigenvalue weighted by molar-refractivity contribution is 6.11. The highest BCUT2D eigenvalue weighted by atomic mass is 16.6. The van der Waals surface area contributed by atoms with Crippen molar-refractivity contribution in [2.75, 3.05) is 0 Å². The zero-order valence-electron chi connectivity index (χ0n) is 10.2. The number of hydrogen-bond donors (Lipinski definition) is 2. The topological polar surface area (TPSA) is 137 Å². The molecule has 0 saturated carbocycles. The molecule has 2 N–H and O–H groups in total. The first-order valence-electron chi connectivity index (χ1n) is 5.69. The van der Waals surface area contributed by atoms with E-state index < -0.39 is 29.4 Å². The number of nitrogens with zero attached hydrogens (tertiary/aromatic N) is 2. The molecule has 1 aromatic carbocycles. The van der Waals surface area contributed by atoms with Gasteiger partial charge in [0.1, 0.15) is 6.07 Å². The number of phenolic OH excluding ortho intramolecular Hbond substituents is 2. The Hall–Kier alpha value is -3.34. The average molecular weight is 286 g/mol. The van der Waals surface area contributed by atoms with Crippen LogP contribution in [0.15, 0.2) is 22.9 Å². The second-order valence-corrected chi connectivity index (χ2v) is 4.22. The predicted octanol–water partition coefficient (Wildman–Crippen LogP) is 0.786. The minimum Gasteiger partial charge on any atom is -0.504 e. The third-order valence-electron chi connectivity index (χ3n) is 2.98. The van der Waals surface area contributed by atoms with Gasteiger partial charge in [-0.1, -0.05) is 5.16 Å². The van der Waals surface area contributed by atoms with Crippen molar-refractivity contribution in [3.8, 4) is 17.6 Å². The minimum absolute atomic E-state index is 0.175. The van der Waals surface area contributed by atoms with Crippen molar-refractivity contribution in [1.29, 1.82) is 5.26 Å². The first-order valence-corrected chi connectivity index (χ1v) is 5.69. The third kappa shape index (κ3) is 1.88. The average Bonchev–Trinajstić information content (AvgIpc) is 2.96. The summed E-state index contributed by atoms with van der Waals surface area (Å²) in [7, 11) is 0. The maximum Gasteiger partial charge on any atom is 0.353 e. The second-order valence-electron chi connectivity index (χ2n) is 4.22. The summed E-state index contributed by atoms with van der Waals surface area (Å²) in [4.78, 5) is 23.5. The molecule has 1 aliphatic rings. The van der Waals surface area contributed by atoms with Crippen molar-refractivity contribution < 1.29 is 29.1 Å². The van der Waals surface area contributed by atoms with E-state index in [0.717, 1.165) is 6.07 Å². The molecule has 21 heavy (non-hydrogen) atoms. The number of nitriles is 1. The van der Waals surface area contributed by atoms with Crippen LogP contribution in [0.5, 0.6) is 11.5 Å². The number of phenols is 2. The van der Waals surface area contributed by atoms with E-state index >= 15 is 0 Å². The number of hydrogen-bond acceptors (Lipinski definition) is 8. The molecule has 3 rings (SSSR count).